The maximum absolute atomic E-state index is 13.2. The number of hydrogen-bond donors (Lipinski definition) is 0. The number of pyridine rings is 1. The number of nitrogens with zero attached hydrogens (tertiary/aromatic N) is 3. The van der Waals surface area contributed by atoms with Gasteiger partial charge >= 0.3 is 0 Å². The highest BCUT2D eigenvalue weighted by Crippen LogP contribution is 2.17. The molecule has 2 heterocycles. The summed E-state index contributed by atoms with van der Waals surface area (Å²) in [6, 6.07) is 11.2. The number of carbonyl (C=O) groups is 1. The number of aromatic nitrogens is 2. The number of rotatable bonds is 2. The Labute approximate surface area is 115 Å². The smallest absolute Gasteiger partial charge is 0.258 e. The van der Waals surface area contributed by atoms with Gasteiger partial charge in [-0.2, -0.15) is 5.10 Å². The molecule has 0 saturated carbocycles. The van der Waals surface area contributed by atoms with Gasteiger partial charge in [0.2, 0.25) is 0 Å². The number of hydrogen-bond acceptors (Lipinski definition) is 2. The molecule has 3 aromatic rings. The van der Waals surface area contributed by atoms with Gasteiger partial charge in [0.25, 0.3) is 5.91 Å². The van der Waals surface area contributed by atoms with Crippen LogP contribution in [0.15, 0.2) is 54.9 Å². The Morgan fingerprint density at radius 3 is 2.90 bits per heavy atom. The van der Waals surface area contributed by atoms with Gasteiger partial charge in [-0.15, -0.1) is 0 Å². The molecule has 0 aliphatic heterocycles. The minimum absolute atomic E-state index is 0.195. The highest BCUT2D eigenvalue weighted by molar-refractivity contribution is 6.06. The standard InChI is InChI=1S/C15H12FN3O/c1-18(13-4-2-3-12(16)10-13)15(20)11-6-8-19-14(9-11)5-7-17-19/h2-10H,1H3. The van der Waals surface area contributed by atoms with Crippen LogP contribution >= 0.6 is 0 Å². The highest BCUT2D eigenvalue weighted by Gasteiger charge is 2.14. The predicted octanol–water partition coefficient (Wildman–Crippen LogP) is 2.75. The summed E-state index contributed by atoms with van der Waals surface area (Å²) in [6.45, 7) is 0. The molecule has 2 aromatic heterocycles. The molecule has 4 nitrogen and oxygen atoms in total. The molecule has 1 aromatic carbocycles. The second-order valence-electron chi connectivity index (χ2n) is 4.46. The molecule has 0 atom stereocenters. The fourth-order valence-corrected chi connectivity index (χ4v) is 2.05. The van der Waals surface area contributed by atoms with Crippen molar-refractivity contribution in [2.75, 3.05) is 11.9 Å². The first-order valence-corrected chi connectivity index (χ1v) is 6.12. The molecule has 20 heavy (non-hydrogen) atoms. The van der Waals surface area contributed by atoms with Gasteiger partial charge in [0.1, 0.15) is 5.82 Å². The SMILES string of the molecule is CN(C(=O)c1ccn2nccc2c1)c1cccc(F)c1. The second-order valence-corrected chi connectivity index (χ2v) is 4.46. The van der Waals surface area contributed by atoms with Crippen molar-refractivity contribution < 1.29 is 9.18 Å². The van der Waals surface area contributed by atoms with Crippen molar-refractivity contribution in [3.63, 3.8) is 0 Å². The number of fused-ring (bicyclic) bond motifs is 1. The van der Waals surface area contributed by atoms with Crippen LogP contribution in [0.1, 0.15) is 10.4 Å². The van der Waals surface area contributed by atoms with Gasteiger partial charge in [0.05, 0.1) is 5.52 Å². The molecule has 5 heteroatoms. The Morgan fingerprint density at radius 2 is 2.10 bits per heavy atom. The molecule has 1 amide bonds. The van der Waals surface area contributed by atoms with Crippen molar-refractivity contribution in [1.29, 1.82) is 0 Å². The van der Waals surface area contributed by atoms with Crippen LogP contribution in [-0.4, -0.2) is 22.6 Å². The Kier molecular flexibility index (Phi) is 2.95. The Morgan fingerprint density at radius 1 is 1.25 bits per heavy atom. The van der Waals surface area contributed by atoms with Crippen LogP contribution in [0, 0.1) is 5.82 Å². The monoisotopic (exact) mass is 269 g/mol. The number of carbonyl (C=O) groups excluding carboxylic acids is 1. The van der Waals surface area contributed by atoms with Gasteiger partial charge in [-0.05, 0) is 36.4 Å². The summed E-state index contributed by atoms with van der Waals surface area (Å²) in [5.41, 5.74) is 1.89. The van der Waals surface area contributed by atoms with E-state index in [-0.39, 0.29) is 11.7 Å². The molecule has 0 N–H and O–H groups in total. The molecule has 0 saturated heterocycles. The van der Waals surface area contributed by atoms with Gasteiger partial charge in [0, 0.05) is 30.7 Å². The summed E-state index contributed by atoms with van der Waals surface area (Å²) in [5, 5.41) is 4.08. The number of anilines is 1. The number of amides is 1. The molecule has 0 fully saturated rings. The van der Waals surface area contributed by atoms with Crippen LogP contribution in [0.2, 0.25) is 0 Å². The second kappa shape index (κ2) is 4.77. The topological polar surface area (TPSA) is 37.6 Å². The third-order valence-electron chi connectivity index (χ3n) is 3.15. The fraction of sp³-hybridized carbons (Fsp3) is 0.0667. The first kappa shape index (κ1) is 12.3. The maximum atomic E-state index is 13.2. The van der Waals surface area contributed by atoms with E-state index >= 15 is 0 Å². The molecule has 0 spiro atoms. The predicted molar refractivity (Wildman–Crippen MR) is 74.3 cm³/mol. The Balaban J connectivity index is 1.94. The lowest BCUT2D eigenvalue weighted by Gasteiger charge is -2.17. The van der Waals surface area contributed by atoms with Crippen molar-refractivity contribution in [3.8, 4) is 0 Å². The molecule has 0 unspecified atom stereocenters. The lowest BCUT2D eigenvalue weighted by atomic mass is 10.2. The third-order valence-corrected chi connectivity index (χ3v) is 3.15. The summed E-state index contributed by atoms with van der Waals surface area (Å²) in [4.78, 5) is 13.8. The Bertz CT molecular complexity index is 781. The van der Waals surface area contributed by atoms with E-state index in [2.05, 4.69) is 5.10 Å². The van der Waals surface area contributed by atoms with Crippen molar-refractivity contribution >= 4 is 17.1 Å². The van der Waals surface area contributed by atoms with Crippen molar-refractivity contribution in [2.45, 2.75) is 0 Å². The molecule has 0 aliphatic rings. The largest absolute Gasteiger partial charge is 0.311 e. The zero-order chi connectivity index (χ0) is 14.1. The van der Waals surface area contributed by atoms with E-state index < -0.39 is 0 Å². The van der Waals surface area contributed by atoms with Crippen LogP contribution in [0.4, 0.5) is 10.1 Å². The van der Waals surface area contributed by atoms with E-state index in [0.717, 1.165) is 5.52 Å². The fourth-order valence-electron chi connectivity index (χ4n) is 2.05. The van der Waals surface area contributed by atoms with Crippen LogP contribution in [0.3, 0.4) is 0 Å². The van der Waals surface area contributed by atoms with Gasteiger partial charge in [-0.25, -0.2) is 8.91 Å². The first-order valence-electron chi connectivity index (χ1n) is 6.12. The van der Waals surface area contributed by atoms with Crippen molar-refractivity contribution in [3.05, 3.63) is 66.2 Å². The Hall–Kier alpha value is -2.69. The minimum Gasteiger partial charge on any atom is -0.311 e. The van der Waals surface area contributed by atoms with E-state index in [9.17, 15) is 9.18 Å². The molecular weight excluding hydrogens is 257 g/mol. The average molecular weight is 269 g/mol. The molecule has 0 bridgehead atoms. The van der Waals surface area contributed by atoms with Gasteiger partial charge in [-0.1, -0.05) is 6.07 Å². The summed E-state index contributed by atoms with van der Waals surface area (Å²) in [7, 11) is 1.62. The average Bonchev–Trinajstić information content (AvgIpc) is 2.93. The van der Waals surface area contributed by atoms with Crippen LogP contribution in [0.5, 0.6) is 0 Å². The maximum Gasteiger partial charge on any atom is 0.258 e. The molecule has 0 aliphatic carbocycles. The normalized spacial score (nSPS) is 10.7. The zero-order valence-electron chi connectivity index (χ0n) is 10.8. The first-order chi connectivity index (χ1) is 9.65. The third kappa shape index (κ3) is 2.14. The molecule has 0 radical (unpaired) electrons. The van der Waals surface area contributed by atoms with E-state index in [1.165, 1.54) is 17.0 Å². The van der Waals surface area contributed by atoms with Crippen LogP contribution in [0.25, 0.3) is 5.52 Å². The number of halogens is 1. The lowest BCUT2D eigenvalue weighted by Crippen LogP contribution is -2.26. The molecule has 3 rings (SSSR count). The summed E-state index contributed by atoms with van der Waals surface area (Å²) in [6.07, 6.45) is 3.39. The number of benzene rings is 1. The van der Waals surface area contributed by atoms with Crippen molar-refractivity contribution in [1.82, 2.24) is 9.61 Å². The van der Waals surface area contributed by atoms with Gasteiger partial charge in [-0.3, -0.25) is 4.79 Å². The summed E-state index contributed by atoms with van der Waals surface area (Å²) >= 11 is 0. The summed E-state index contributed by atoms with van der Waals surface area (Å²) in [5.74, 6) is -0.562. The van der Waals surface area contributed by atoms with E-state index in [0.29, 0.717) is 11.3 Å². The van der Waals surface area contributed by atoms with E-state index in [4.69, 9.17) is 0 Å². The minimum atomic E-state index is -0.367. The quantitative estimate of drug-likeness (QED) is 0.717. The van der Waals surface area contributed by atoms with Gasteiger partial charge in [0.15, 0.2) is 0 Å². The lowest BCUT2D eigenvalue weighted by molar-refractivity contribution is 0.0993. The van der Waals surface area contributed by atoms with Crippen molar-refractivity contribution in [2.24, 2.45) is 0 Å². The molecular formula is C15H12FN3O. The van der Waals surface area contributed by atoms with E-state index in [1.807, 2.05) is 6.07 Å². The molecule has 100 valence electrons. The van der Waals surface area contributed by atoms with Crippen LogP contribution < -0.4 is 4.90 Å². The van der Waals surface area contributed by atoms with Crippen LogP contribution in [-0.2, 0) is 0 Å². The van der Waals surface area contributed by atoms with Gasteiger partial charge < -0.3 is 4.90 Å². The summed E-state index contributed by atoms with van der Waals surface area (Å²) < 4.78 is 14.9. The highest BCUT2D eigenvalue weighted by atomic mass is 19.1. The zero-order valence-corrected chi connectivity index (χ0v) is 10.8. The van der Waals surface area contributed by atoms with E-state index in [1.54, 1.807) is 48.2 Å².